The van der Waals surface area contributed by atoms with E-state index in [0.29, 0.717) is 23.0 Å². The third-order valence-corrected chi connectivity index (χ3v) is 4.95. The highest BCUT2D eigenvalue weighted by molar-refractivity contribution is 9.10. The maximum absolute atomic E-state index is 12.4. The maximum atomic E-state index is 12.4. The summed E-state index contributed by atoms with van der Waals surface area (Å²) in [6, 6.07) is 8.82. The molecule has 3 rings (SSSR count). The van der Waals surface area contributed by atoms with E-state index in [-0.39, 0.29) is 12.6 Å². The minimum atomic E-state index is -0.201. The summed E-state index contributed by atoms with van der Waals surface area (Å²) in [5.41, 5.74) is 1.38. The van der Waals surface area contributed by atoms with Gasteiger partial charge in [-0.2, -0.15) is 10.2 Å². The highest BCUT2D eigenvalue weighted by Crippen LogP contribution is 2.23. The van der Waals surface area contributed by atoms with Crippen LogP contribution in [0.5, 0.6) is 5.75 Å². The Bertz CT molecular complexity index is 905. The van der Waals surface area contributed by atoms with Gasteiger partial charge in [-0.1, -0.05) is 23.7 Å². The van der Waals surface area contributed by atoms with E-state index in [1.165, 1.54) is 4.68 Å². The Morgan fingerprint density at radius 1 is 1.33 bits per heavy atom. The maximum Gasteiger partial charge on any atom is 0.269 e. The minimum absolute atomic E-state index is 0.0973. The van der Waals surface area contributed by atoms with Crippen molar-refractivity contribution in [2.75, 3.05) is 6.54 Å². The van der Waals surface area contributed by atoms with Crippen molar-refractivity contribution in [3.63, 3.8) is 0 Å². The molecule has 0 fully saturated rings. The minimum Gasteiger partial charge on any atom is -0.470 e. The Kier molecular flexibility index (Phi) is 6.52. The topological polar surface area (TPSA) is 74.0 Å². The van der Waals surface area contributed by atoms with Gasteiger partial charge in [0.1, 0.15) is 11.4 Å². The SMILES string of the molecule is Cc1nn(CCCNC(=O)c2ccnn2COc2ccccc2Cl)cc1Br. The molecule has 0 atom stereocenters. The fraction of sp³-hybridized carbons (Fsp3) is 0.278. The third-order valence-electron chi connectivity index (χ3n) is 3.86. The van der Waals surface area contributed by atoms with Crippen molar-refractivity contribution in [2.24, 2.45) is 0 Å². The van der Waals surface area contributed by atoms with E-state index in [4.69, 9.17) is 16.3 Å². The number of rotatable bonds is 8. The lowest BCUT2D eigenvalue weighted by Crippen LogP contribution is -2.28. The second kappa shape index (κ2) is 9.05. The van der Waals surface area contributed by atoms with E-state index in [0.717, 1.165) is 23.1 Å². The average molecular weight is 453 g/mol. The van der Waals surface area contributed by atoms with Gasteiger partial charge in [-0.25, -0.2) is 4.68 Å². The number of para-hydroxylation sites is 1. The molecule has 0 aliphatic carbocycles. The molecule has 2 aromatic heterocycles. The summed E-state index contributed by atoms with van der Waals surface area (Å²) in [5.74, 6) is 0.342. The molecule has 7 nitrogen and oxygen atoms in total. The number of halogens is 2. The molecule has 0 radical (unpaired) electrons. The first-order chi connectivity index (χ1) is 13.0. The summed E-state index contributed by atoms with van der Waals surface area (Å²) in [7, 11) is 0. The first-order valence-electron chi connectivity index (χ1n) is 8.41. The van der Waals surface area contributed by atoms with Crippen LogP contribution >= 0.6 is 27.5 Å². The van der Waals surface area contributed by atoms with E-state index < -0.39 is 0 Å². The number of ether oxygens (including phenoxy) is 1. The first-order valence-corrected chi connectivity index (χ1v) is 9.58. The van der Waals surface area contributed by atoms with Crippen molar-refractivity contribution in [3.05, 3.63) is 63.6 Å². The monoisotopic (exact) mass is 451 g/mol. The van der Waals surface area contributed by atoms with E-state index in [2.05, 4.69) is 31.4 Å². The van der Waals surface area contributed by atoms with Crippen molar-refractivity contribution in [2.45, 2.75) is 26.6 Å². The first kappa shape index (κ1) is 19.4. The van der Waals surface area contributed by atoms with Gasteiger partial charge in [-0.3, -0.25) is 9.48 Å². The molecule has 3 aromatic rings. The van der Waals surface area contributed by atoms with Crippen molar-refractivity contribution in [3.8, 4) is 5.75 Å². The summed E-state index contributed by atoms with van der Waals surface area (Å²) < 4.78 is 9.97. The van der Waals surface area contributed by atoms with Gasteiger partial charge < -0.3 is 10.1 Å². The van der Waals surface area contributed by atoms with Crippen LogP contribution in [0.25, 0.3) is 0 Å². The lowest BCUT2D eigenvalue weighted by Gasteiger charge is -2.11. The number of nitrogens with zero attached hydrogens (tertiary/aromatic N) is 4. The Balaban J connectivity index is 1.49. The Hall–Kier alpha value is -2.32. The second-order valence-electron chi connectivity index (χ2n) is 5.85. The number of hydrogen-bond acceptors (Lipinski definition) is 4. The van der Waals surface area contributed by atoms with Gasteiger partial charge in [0.25, 0.3) is 5.91 Å². The normalized spacial score (nSPS) is 10.8. The number of benzene rings is 1. The van der Waals surface area contributed by atoms with Crippen LogP contribution in [0.1, 0.15) is 22.6 Å². The molecule has 1 aromatic carbocycles. The molecule has 9 heteroatoms. The number of carbonyl (C=O) groups excluding carboxylic acids is 1. The summed E-state index contributed by atoms with van der Waals surface area (Å²) in [5, 5.41) is 11.9. The van der Waals surface area contributed by atoms with Gasteiger partial charge in [-0.15, -0.1) is 0 Å². The number of hydrogen-bond donors (Lipinski definition) is 1. The molecule has 0 aliphatic rings. The predicted octanol–water partition coefficient (Wildman–Crippen LogP) is 3.66. The van der Waals surface area contributed by atoms with Crippen LogP contribution in [0.2, 0.25) is 5.02 Å². The van der Waals surface area contributed by atoms with Gasteiger partial charge in [-0.05, 0) is 47.5 Å². The van der Waals surface area contributed by atoms with Crippen LogP contribution in [-0.4, -0.2) is 32.0 Å². The highest BCUT2D eigenvalue weighted by atomic mass is 79.9. The lowest BCUT2D eigenvalue weighted by atomic mass is 10.3. The van der Waals surface area contributed by atoms with Gasteiger partial charge in [0, 0.05) is 25.5 Å². The standard InChI is InChI=1S/C18H19BrClN5O2/c1-13-14(19)11-24(23-13)10-4-8-21-18(26)16-7-9-22-25(16)12-27-17-6-3-2-5-15(17)20/h2-3,5-7,9,11H,4,8,10,12H2,1H3,(H,21,26). The van der Waals surface area contributed by atoms with Crippen LogP contribution in [0, 0.1) is 6.92 Å². The number of aryl methyl sites for hydroxylation is 2. The molecular weight excluding hydrogens is 434 g/mol. The van der Waals surface area contributed by atoms with Crippen molar-refractivity contribution in [1.29, 1.82) is 0 Å². The van der Waals surface area contributed by atoms with Crippen LogP contribution in [0.15, 0.2) is 47.2 Å². The zero-order chi connectivity index (χ0) is 19.2. The summed E-state index contributed by atoms with van der Waals surface area (Å²) in [4.78, 5) is 12.4. The summed E-state index contributed by atoms with van der Waals surface area (Å²) in [6.07, 6.45) is 4.26. The Labute approximate surface area is 170 Å². The molecule has 1 N–H and O–H groups in total. The fourth-order valence-electron chi connectivity index (χ4n) is 2.46. The molecule has 142 valence electrons. The zero-order valence-corrected chi connectivity index (χ0v) is 17.1. The largest absolute Gasteiger partial charge is 0.470 e. The molecule has 1 amide bonds. The molecule has 0 spiro atoms. The van der Waals surface area contributed by atoms with Crippen LogP contribution < -0.4 is 10.1 Å². The second-order valence-corrected chi connectivity index (χ2v) is 7.12. The number of carbonyl (C=O) groups is 1. The Morgan fingerprint density at radius 2 is 2.15 bits per heavy atom. The van der Waals surface area contributed by atoms with Crippen LogP contribution in [0.3, 0.4) is 0 Å². The molecule has 0 unspecified atom stereocenters. The van der Waals surface area contributed by atoms with Crippen LogP contribution in [-0.2, 0) is 13.3 Å². The van der Waals surface area contributed by atoms with Gasteiger partial charge in [0.15, 0.2) is 6.73 Å². The fourth-order valence-corrected chi connectivity index (χ4v) is 2.97. The molecule has 0 saturated carbocycles. The zero-order valence-electron chi connectivity index (χ0n) is 14.7. The smallest absolute Gasteiger partial charge is 0.269 e. The average Bonchev–Trinajstić information content (AvgIpc) is 3.24. The molecule has 27 heavy (non-hydrogen) atoms. The van der Waals surface area contributed by atoms with E-state index >= 15 is 0 Å². The summed E-state index contributed by atoms with van der Waals surface area (Å²) in [6.45, 7) is 3.29. The van der Waals surface area contributed by atoms with Gasteiger partial charge in [0.2, 0.25) is 0 Å². The van der Waals surface area contributed by atoms with Crippen molar-refractivity contribution >= 4 is 33.4 Å². The number of nitrogens with one attached hydrogen (secondary N) is 1. The van der Waals surface area contributed by atoms with Crippen molar-refractivity contribution in [1.82, 2.24) is 24.9 Å². The number of aromatic nitrogens is 4. The van der Waals surface area contributed by atoms with E-state index in [1.807, 2.05) is 29.9 Å². The molecule has 0 bridgehead atoms. The Morgan fingerprint density at radius 3 is 2.89 bits per heavy atom. The third kappa shape index (κ3) is 5.11. The van der Waals surface area contributed by atoms with Crippen LogP contribution in [0.4, 0.5) is 0 Å². The highest BCUT2D eigenvalue weighted by Gasteiger charge is 2.12. The molecule has 0 saturated heterocycles. The molecule has 0 aliphatic heterocycles. The quantitative estimate of drug-likeness (QED) is 0.529. The van der Waals surface area contributed by atoms with Crippen molar-refractivity contribution < 1.29 is 9.53 Å². The summed E-state index contributed by atoms with van der Waals surface area (Å²) >= 11 is 9.50. The van der Waals surface area contributed by atoms with E-state index in [1.54, 1.807) is 24.4 Å². The van der Waals surface area contributed by atoms with Gasteiger partial charge in [0.05, 0.1) is 15.2 Å². The predicted molar refractivity (Wildman–Crippen MR) is 106 cm³/mol. The lowest BCUT2D eigenvalue weighted by molar-refractivity contribution is 0.0931. The molecule has 2 heterocycles. The van der Waals surface area contributed by atoms with Gasteiger partial charge >= 0.3 is 0 Å². The van der Waals surface area contributed by atoms with E-state index in [9.17, 15) is 4.79 Å². The molecular formula is C18H19BrClN5O2. The number of amides is 1.